The van der Waals surface area contributed by atoms with E-state index in [9.17, 15) is 9.59 Å². The van der Waals surface area contributed by atoms with Crippen LogP contribution in [0.25, 0.3) is 11.0 Å². The highest BCUT2D eigenvalue weighted by Crippen LogP contribution is 2.28. The maximum atomic E-state index is 12.4. The predicted octanol–water partition coefficient (Wildman–Crippen LogP) is 4.09. The van der Waals surface area contributed by atoms with Gasteiger partial charge in [-0.25, -0.2) is 9.59 Å². The summed E-state index contributed by atoms with van der Waals surface area (Å²) in [6, 6.07) is 12.4. The summed E-state index contributed by atoms with van der Waals surface area (Å²) in [4.78, 5) is 24.0. The van der Waals surface area contributed by atoms with Gasteiger partial charge in [0.2, 0.25) is 0 Å². The Kier molecular flexibility index (Phi) is 4.80. The van der Waals surface area contributed by atoms with Gasteiger partial charge in [0, 0.05) is 17.0 Å². The number of hydrogen-bond donors (Lipinski definition) is 0. The molecule has 1 heterocycles. The maximum Gasteiger partial charge on any atom is 0.352 e. The monoisotopic (exact) mass is 352 g/mol. The van der Waals surface area contributed by atoms with Crippen LogP contribution in [0.4, 0.5) is 0 Å². The van der Waals surface area contributed by atoms with Crippen LogP contribution in [0.15, 0.2) is 51.7 Å². The van der Waals surface area contributed by atoms with Gasteiger partial charge in [0.1, 0.15) is 17.1 Å². The second-order valence-electron chi connectivity index (χ2n) is 6.31. The van der Waals surface area contributed by atoms with E-state index in [0.29, 0.717) is 22.6 Å². The van der Waals surface area contributed by atoms with E-state index in [4.69, 9.17) is 13.9 Å². The van der Waals surface area contributed by atoms with Crippen molar-refractivity contribution in [2.45, 2.75) is 33.8 Å². The van der Waals surface area contributed by atoms with Crippen molar-refractivity contribution >= 4 is 16.9 Å². The average Bonchev–Trinajstić information content (AvgIpc) is 2.57. The molecule has 3 rings (SSSR count). The number of aryl methyl sites for hydroxylation is 3. The molecule has 0 saturated heterocycles. The number of carbonyl (C=O) groups excluding carboxylic acids is 1. The summed E-state index contributed by atoms with van der Waals surface area (Å²) in [7, 11) is 0. The van der Waals surface area contributed by atoms with Crippen LogP contribution >= 0.6 is 0 Å². The van der Waals surface area contributed by atoms with Gasteiger partial charge in [-0.2, -0.15) is 0 Å². The molecule has 0 bridgehead atoms. The number of rotatable bonds is 4. The van der Waals surface area contributed by atoms with Gasteiger partial charge in [-0.15, -0.1) is 0 Å². The maximum absolute atomic E-state index is 12.4. The highest BCUT2D eigenvalue weighted by atomic mass is 16.6. The molecular weight excluding hydrogens is 332 g/mol. The van der Waals surface area contributed by atoms with E-state index >= 15 is 0 Å². The van der Waals surface area contributed by atoms with Crippen LogP contribution in [0.5, 0.6) is 11.5 Å². The molecule has 2 aromatic carbocycles. The van der Waals surface area contributed by atoms with Crippen LogP contribution in [-0.2, 0) is 4.79 Å². The van der Waals surface area contributed by atoms with Crippen molar-refractivity contribution in [2.24, 2.45) is 0 Å². The Bertz CT molecular complexity index is 1030. The molecule has 0 unspecified atom stereocenters. The van der Waals surface area contributed by atoms with Crippen molar-refractivity contribution in [1.82, 2.24) is 0 Å². The standard InChI is InChI=1S/C21H20O5/c1-12-6-5-7-16(10-12)24-15(4)21(23)25-18-9-8-17-13(2)11-19(22)26-20(17)14(18)3/h5-11,15H,1-4H3/t15-/m1/s1. The third-order valence-electron chi connectivity index (χ3n) is 4.16. The first-order valence-corrected chi connectivity index (χ1v) is 8.34. The summed E-state index contributed by atoms with van der Waals surface area (Å²) in [5.41, 5.74) is 2.44. The topological polar surface area (TPSA) is 65.7 Å². The molecule has 1 atom stereocenters. The lowest BCUT2D eigenvalue weighted by molar-refractivity contribution is -0.141. The summed E-state index contributed by atoms with van der Waals surface area (Å²) in [6.07, 6.45) is -0.781. The van der Waals surface area contributed by atoms with Crippen molar-refractivity contribution in [1.29, 1.82) is 0 Å². The Labute approximate surface area is 151 Å². The normalized spacial score (nSPS) is 12.0. The van der Waals surface area contributed by atoms with Gasteiger partial charge in [-0.05, 0) is 63.1 Å². The lowest BCUT2D eigenvalue weighted by Gasteiger charge is -2.15. The van der Waals surface area contributed by atoms with Crippen molar-refractivity contribution in [3.8, 4) is 11.5 Å². The molecule has 5 heteroatoms. The molecule has 0 fully saturated rings. The number of hydrogen-bond acceptors (Lipinski definition) is 5. The second kappa shape index (κ2) is 7.04. The minimum Gasteiger partial charge on any atom is -0.479 e. The molecule has 0 aliphatic carbocycles. The number of benzene rings is 2. The van der Waals surface area contributed by atoms with Gasteiger partial charge in [-0.1, -0.05) is 12.1 Å². The number of esters is 1. The van der Waals surface area contributed by atoms with Crippen molar-refractivity contribution in [2.75, 3.05) is 0 Å². The number of ether oxygens (including phenoxy) is 2. The molecule has 0 saturated carbocycles. The van der Waals surface area contributed by atoms with Crippen molar-refractivity contribution in [3.05, 3.63) is 69.6 Å². The number of fused-ring (bicyclic) bond motifs is 1. The summed E-state index contributed by atoms with van der Waals surface area (Å²) in [5, 5.41) is 0.811. The molecule has 0 radical (unpaired) electrons. The Morgan fingerprint density at radius 1 is 1.08 bits per heavy atom. The molecule has 0 amide bonds. The molecule has 0 aliphatic rings. The fourth-order valence-corrected chi connectivity index (χ4v) is 2.74. The largest absolute Gasteiger partial charge is 0.479 e. The zero-order valence-corrected chi connectivity index (χ0v) is 15.2. The number of carbonyl (C=O) groups is 1. The minimum atomic E-state index is -0.781. The summed E-state index contributed by atoms with van der Waals surface area (Å²) >= 11 is 0. The van der Waals surface area contributed by atoms with E-state index in [1.54, 1.807) is 32.0 Å². The van der Waals surface area contributed by atoms with E-state index in [-0.39, 0.29) is 0 Å². The van der Waals surface area contributed by atoms with Gasteiger partial charge in [0.05, 0.1) is 0 Å². The summed E-state index contributed by atoms with van der Waals surface area (Å²) < 4.78 is 16.4. The smallest absolute Gasteiger partial charge is 0.352 e. The summed E-state index contributed by atoms with van der Waals surface area (Å²) in [6.45, 7) is 7.16. The SMILES string of the molecule is Cc1cccc(O[C@H](C)C(=O)Oc2ccc3c(C)cc(=O)oc3c2C)c1. The Morgan fingerprint density at radius 3 is 2.58 bits per heavy atom. The van der Waals surface area contributed by atoms with Gasteiger partial charge in [0.15, 0.2) is 6.10 Å². The van der Waals surface area contributed by atoms with Crippen LogP contribution in [0, 0.1) is 20.8 Å². The lowest BCUT2D eigenvalue weighted by Crippen LogP contribution is -2.28. The Hall–Kier alpha value is -3.08. The zero-order valence-electron chi connectivity index (χ0n) is 15.2. The van der Waals surface area contributed by atoms with Crippen LogP contribution in [0.1, 0.15) is 23.6 Å². The average molecular weight is 352 g/mol. The van der Waals surface area contributed by atoms with E-state index in [1.807, 2.05) is 32.0 Å². The van der Waals surface area contributed by atoms with E-state index in [2.05, 4.69) is 0 Å². The fraction of sp³-hybridized carbons (Fsp3) is 0.238. The molecule has 0 aliphatic heterocycles. The Balaban J connectivity index is 1.82. The second-order valence-corrected chi connectivity index (χ2v) is 6.31. The highest BCUT2D eigenvalue weighted by Gasteiger charge is 2.20. The fourth-order valence-electron chi connectivity index (χ4n) is 2.74. The highest BCUT2D eigenvalue weighted by molar-refractivity contribution is 5.86. The molecule has 0 spiro atoms. The van der Waals surface area contributed by atoms with Gasteiger partial charge >= 0.3 is 11.6 Å². The quantitative estimate of drug-likeness (QED) is 0.402. The minimum absolute atomic E-state index is 0.343. The first kappa shape index (κ1) is 17.7. The van der Waals surface area contributed by atoms with Crippen molar-refractivity contribution < 1.29 is 18.7 Å². The van der Waals surface area contributed by atoms with Crippen LogP contribution in [0.3, 0.4) is 0 Å². The first-order chi connectivity index (χ1) is 12.3. The van der Waals surface area contributed by atoms with Crippen LogP contribution < -0.4 is 15.1 Å². The molecule has 26 heavy (non-hydrogen) atoms. The molecule has 5 nitrogen and oxygen atoms in total. The molecule has 134 valence electrons. The molecule has 0 N–H and O–H groups in total. The molecular formula is C21H20O5. The van der Waals surface area contributed by atoms with E-state index < -0.39 is 17.7 Å². The van der Waals surface area contributed by atoms with Crippen LogP contribution in [-0.4, -0.2) is 12.1 Å². The molecule has 3 aromatic rings. The molecule has 1 aromatic heterocycles. The zero-order chi connectivity index (χ0) is 18.8. The van der Waals surface area contributed by atoms with E-state index in [0.717, 1.165) is 16.5 Å². The van der Waals surface area contributed by atoms with Crippen LogP contribution in [0.2, 0.25) is 0 Å². The Morgan fingerprint density at radius 2 is 1.85 bits per heavy atom. The predicted molar refractivity (Wildman–Crippen MR) is 98.9 cm³/mol. The third kappa shape index (κ3) is 3.61. The van der Waals surface area contributed by atoms with Gasteiger partial charge in [-0.3, -0.25) is 0 Å². The third-order valence-corrected chi connectivity index (χ3v) is 4.16. The van der Waals surface area contributed by atoms with Gasteiger partial charge < -0.3 is 13.9 Å². The van der Waals surface area contributed by atoms with E-state index in [1.165, 1.54) is 6.07 Å². The summed E-state index contributed by atoms with van der Waals surface area (Å²) in [5.74, 6) is 0.422. The van der Waals surface area contributed by atoms with Gasteiger partial charge in [0.25, 0.3) is 0 Å². The first-order valence-electron chi connectivity index (χ1n) is 8.34. The van der Waals surface area contributed by atoms with Crippen molar-refractivity contribution in [3.63, 3.8) is 0 Å². The lowest BCUT2D eigenvalue weighted by atomic mass is 10.1.